The molecule has 0 aliphatic carbocycles. The number of esters is 2. The highest BCUT2D eigenvalue weighted by Gasteiger charge is 2.28. The predicted molar refractivity (Wildman–Crippen MR) is 119 cm³/mol. The lowest BCUT2D eigenvalue weighted by atomic mass is 10.1. The molecule has 8 nitrogen and oxygen atoms in total. The van der Waals surface area contributed by atoms with Gasteiger partial charge in [0.2, 0.25) is 5.91 Å². The maximum atomic E-state index is 11.6. The van der Waals surface area contributed by atoms with E-state index in [0.717, 1.165) is 31.0 Å². The third-order valence-corrected chi connectivity index (χ3v) is 10.6. The molecular weight excluding hydrogens is 422 g/mol. The summed E-state index contributed by atoms with van der Waals surface area (Å²) in [7, 11) is -3.16. The number of carbonyl (C=O) groups is 3. The van der Waals surface area contributed by atoms with Crippen LogP contribution in [0.3, 0.4) is 0 Å². The second kappa shape index (κ2) is 13.0. The first kappa shape index (κ1) is 26.5. The van der Waals surface area contributed by atoms with Gasteiger partial charge in [-0.2, -0.15) is 0 Å². The van der Waals surface area contributed by atoms with Gasteiger partial charge in [-0.15, -0.1) is 0 Å². The van der Waals surface area contributed by atoms with Gasteiger partial charge in [0.25, 0.3) is 0 Å². The van der Waals surface area contributed by atoms with Gasteiger partial charge in [0.05, 0.1) is 13.2 Å². The second-order valence-corrected chi connectivity index (χ2v) is 18.0. The van der Waals surface area contributed by atoms with Gasteiger partial charge in [0, 0.05) is 31.2 Å². The van der Waals surface area contributed by atoms with Crippen LogP contribution in [0.5, 0.6) is 0 Å². The molecule has 1 amide bonds. The molecule has 1 saturated heterocycles. The molecule has 172 valence electrons. The maximum Gasteiger partial charge on any atom is 0.331 e. The van der Waals surface area contributed by atoms with Crippen molar-refractivity contribution >= 4 is 34.5 Å². The average Bonchev–Trinajstić information content (AvgIpc) is 3.02. The van der Waals surface area contributed by atoms with Crippen LogP contribution in [-0.4, -0.2) is 67.5 Å². The third kappa shape index (κ3) is 12.9. The first-order valence-corrected chi connectivity index (χ1v) is 17.1. The van der Waals surface area contributed by atoms with Gasteiger partial charge < -0.3 is 23.6 Å². The summed E-state index contributed by atoms with van der Waals surface area (Å²) >= 11 is 0. The largest absolute Gasteiger partial charge is 0.463 e. The number of hydrogen-bond acceptors (Lipinski definition) is 7. The molecule has 1 fully saturated rings. The van der Waals surface area contributed by atoms with E-state index in [-0.39, 0.29) is 25.0 Å². The predicted octanol–water partition coefficient (Wildman–Crippen LogP) is 2.62. The molecule has 1 unspecified atom stereocenters. The lowest BCUT2D eigenvalue weighted by Gasteiger charge is -2.31. The molecule has 0 bridgehead atoms. The van der Waals surface area contributed by atoms with Gasteiger partial charge in [-0.3, -0.25) is 4.79 Å². The maximum absolute atomic E-state index is 11.6. The smallest absolute Gasteiger partial charge is 0.331 e. The Bertz CT molecular complexity index is 602. The minimum absolute atomic E-state index is 0.00178. The molecule has 1 aliphatic heterocycles. The molecule has 10 heteroatoms. The van der Waals surface area contributed by atoms with Crippen LogP contribution in [0.2, 0.25) is 38.8 Å². The fraction of sp³-hybridized carbons (Fsp3) is 0.750. The highest BCUT2D eigenvalue weighted by Crippen LogP contribution is 2.19. The molecule has 30 heavy (non-hydrogen) atoms. The minimum Gasteiger partial charge on any atom is -0.463 e. The van der Waals surface area contributed by atoms with E-state index in [4.69, 9.17) is 18.3 Å². The molecule has 1 heterocycles. The Morgan fingerprint density at radius 3 is 2.20 bits per heavy atom. The summed E-state index contributed by atoms with van der Waals surface area (Å²) in [5.41, 5.74) is 0. The third-order valence-electron chi connectivity index (χ3n) is 4.35. The van der Waals surface area contributed by atoms with E-state index in [2.05, 4.69) is 38.1 Å². The van der Waals surface area contributed by atoms with Crippen LogP contribution < -0.4 is 5.32 Å². The van der Waals surface area contributed by atoms with E-state index in [0.29, 0.717) is 26.2 Å². The molecule has 0 aromatic rings. The summed E-state index contributed by atoms with van der Waals surface area (Å²) in [6, 6.07) is 1.04. The van der Waals surface area contributed by atoms with Crippen molar-refractivity contribution in [2.24, 2.45) is 5.92 Å². The molecular formula is C20H37NO7Si2. The normalized spacial score (nSPS) is 17.2. The van der Waals surface area contributed by atoms with Crippen LogP contribution in [0, 0.1) is 5.92 Å². The highest BCUT2D eigenvalue weighted by molar-refractivity contribution is 6.84. The Morgan fingerprint density at radius 1 is 1.00 bits per heavy atom. The topological polar surface area (TPSA) is 100 Å². The van der Waals surface area contributed by atoms with Crippen molar-refractivity contribution in [3.63, 3.8) is 0 Å². The summed E-state index contributed by atoms with van der Waals surface area (Å²) in [4.78, 5) is 34.6. The summed E-state index contributed by atoms with van der Waals surface area (Å²) in [6.07, 6.45) is 4.23. The van der Waals surface area contributed by atoms with E-state index in [1.54, 1.807) is 0 Å². The number of nitrogens with one attached hydrogen (secondary N) is 1. The Labute approximate surface area is 181 Å². The highest BCUT2D eigenvalue weighted by atomic mass is 28.4. The first-order valence-electron chi connectivity index (χ1n) is 10.6. The van der Waals surface area contributed by atoms with Crippen LogP contribution >= 0.6 is 0 Å². The Hall–Kier alpha value is -1.50. The van der Waals surface area contributed by atoms with E-state index < -0.39 is 28.6 Å². The van der Waals surface area contributed by atoms with Crippen LogP contribution in [0.15, 0.2) is 12.2 Å². The van der Waals surface area contributed by atoms with Crippen LogP contribution in [0.25, 0.3) is 0 Å². The Balaban J connectivity index is 2.04. The van der Waals surface area contributed by atoms with Gasteiger partial charge in [0.15, 0.2) is 16.6 Å². The van der Waals surface area contributed by atoms with Gasteiger partial charge in [-0.05, 0) is 58.0 Å². The first-order chi connectivity index (χ1) is 14.0. The summed E-state index contributed by atoms with van der Waals surface area (Å²) in [5.74, 6) is -1.36. The summed E-state index contributed by atoms with van der Waals surface area (Å²) in [5, 5.41) is 2.73. The van der Waals surface area contributed by atoms with E-state index in [9.17, 15) is 14.4 Å². The molecule has 1 aliphatic rings. The monoisotopic (exact) mass is 459 g/mol. The molecule has 0 spiro atoms. The molecule has 0 saturated carbocycles. The number of amides is 1. The molecule has 1 N–H and O–H groups in total. The van der Waals surface area contributed by atoms with Crippen molar-refractivity contribution in [1.29, 1.82) is 0 Å². The van der Waals surface area contributed by atoms with Crippen molar-refractivity contribution in [1.82, 2.24) is 5.32 Å². The van der Waals surface area contributed by atoms with Crippen molar-refractivity contribution < 1.29 is 32.7 Å². The van der Waals surface area contributed by atoms with E-state index in [1.807, 2.05) is 0 Å². The zero-order chi connectivity index (χ0) is 22.6. The van der Waals surface area contributed by atoms with Gasteiger partial charge in [0.1, 0.15) is 6.61 Å². The fourth-order valence-corrected chi connectivity index (χ4v) is 11.3. The summed E-state index contributed by atoms with van der Waals surface area (Å²) < 4.78 is 21.7. The second-order valence-electron chi connectivity index (χ2n) is 8.92. The molecule has 1 atom stereocenters. The molecule has 0 aromatic heterocycles. The minimum atomic E-state index is -1.64. The number of rotatable bonds is 14. The van der Waals surface area contributed by atoms with Crippen LogP contribution in [0.4, 0.5) is 0 Å². The van der Waals surface area contributed by atoms with Crippen molar-refractivity contribution in [2.45, 2.75) is 58.0 Å². The fourth-order valence-electron chi connectivity index (χ4n) is 3.24. The number of carbonyl (C=O) groups excluding carboxylic acids is 3. The number of hydrogen-bond donors (Lipinski definition) is 1. The number of ether oxygens (including phenoxy) is 3. The van der Waals surface area contributed by atoms with Crippen LogP contribution in [-0.2, 0) is 32.7 Å². The lowest BCUT2D eigenvalue weighted by Crippen LogP contribution is -2.42. The van der Waals surface area contributed by atoms with Crippen molar-refractivity contribution in [2.75, 3.05) is 33.0 Å². The van der Waals surface area contributed by atoms with E-state index in [1.165, 1.54) is 0 Å². The van der Waals surface area contributed by atoms with Crippen molar-refractivity contribution in [3.05, 3.63) is 12.2 Å². The average molecular weight is 460 g/mol. The van der Waals surface area contributed by atoms with E-state index >= 15 is 0 Å². The zero-order valence-corrected chi connectivity index (χ0v) is 21.0. The van der Waals surface area contributed by atoms with Gasteiger partial charge in [-0.1, -0.05) is 0 Å². The lowest BCUT2D eigenvalue weighted by molar-refractivity contribution is -0.141. The molecule has 1 rings (SSSR count). The molecule has 0 aromatic carbocycles. The van der Waals surface area contributed by atoms with Gasteiger partial charge >= 0.3 is 11.9 Å². The van der Waals surface area contributed by atoms with Gasteiger partial charge in [-0.25, -0.2) is 9.59 Å². The standard InChI is InChI=1S/C20H37NO7Si2/c1-29(2,3)28-30(4,5)16-6-12-25-14-15-27-19(23)8-7-18(22)26-13-10-17-9-11-21-20(17)24/h7-8,17H,6,9-16H2,1-5H3,(H,21,24)/b8-7+. The Kier molecular flexibility index (Phi) is 11.5. The van der Waals surface area contributed by atoms with Crippen molar-refractivity contribution in [3.8, 4) is 0 Å². The molecule has 0 radical (unpaired) electrons. The summed E-state index contributed by atoms with van der Waals surface area (Å²) in [6.45, 7) is 12.9. The van der Waals surface area contributed by atoms with Crippen LogP contribution in [0.1, 0.15) is 19.3 Å². The SMILES string of the molecule is C[Si](C)(C)O[Si](C)(C)CCCOCCOC(=O)/C=C/C(=O)OCCC1CCNC1=O. The Morgan fingerprint density at radius 2 is 1.63 bits per heavy atom. The quantitative estimate of drug-likeness (QED) is 0.184. The zero-order valence-electron chi connectivity index (χ0n) is 19.0.